The van der Waals surface area contributed by atoms with E-state index in [1.807, 2.05) is 41.8 Å². The number of hydrogen-bond donors (Lipinski definition) is 1. The van der Waals surface area contributed by atoms with E-state index in [4.69, 9.17) is 27.6 Å². The number of thioether (sulfide) groups is 1. The number of rotatable bonds is 8. The first-order chi connectivity index (χ1) is 15.5. The summed E-state index contributed by atoms with van der Waals surface area (Å²) in [6, 6.07) is 12.6. The van der Waals surface area contributed by atoms with Gasteiger partial charge in [0, 0.05) is 18.0 Å². The third-order valence-corrected chi connectivity index (χ3v) is 6.39. The molecule has 4 aromatic rings. The Balaban J connectivity index is 1.47. The van der Waals surface area contributed by atoms with Crippen molar-refractivity contribution in [3.05, 3.63) is 82.5 Å². The summed E-state index contributed by atoms with van der Waals surface area (Å²) < 4.78 is 7.41. The van der Waals surface area contributed by atoms with Crippen molar-refractivity contribution in [1.29, 1.82) is 0 Å². The molecule has 3 heterocycles. The number of halogens is 2. The maximum absolute atomic E-state index is 12.6. The van der Waals surface area contributed by atoms with E-state index in [9.17, 15) is 4.79 Å². The first-order valence-electron chi connectivity index (χ1n) is 9.74. The van der Waals surface area contributed by atoms with Gasteiger partial charge in [0.2, 0.25) is 5.91 Å². The van der Waals surface area contributed by atoms with E-state index < -0.39 is 0 Å². The lowest BCUT2D eigenvalue weighted by atomic mass is 10.1. The molecule has 3 aromatic heterocycles. The average molecular weight is 488 g/mol. The lowest BCUT2D eigenvalue weighted by molar-refractivity contribution is -0.119. The third-order valence-electron chi connectivity index (χ3n) is 4.68. The zero-order valence-corrected chi connectivity index (χ0v) is 19.4. The highest BCUT2D eigenvalue weighted by Crippen LogP contribution is 2.27. The monoisotopic (exact) mass is 487 g/mol. The Kier molecular flexibility index (Phi) is 7.14. The number of nitrogens with zero attached hydrogens (tertiary/aromatic N) is 4. The van der Waals surface area contributed by atoms with Gasteiger partial charge in [-0.25, -0.2) is 0 Å². The van der Waals surface area contributed by atoms with Crippen LogP contribution in [-0.2, 0) is 11.3 Å². The fourth-order valence-corrected chi connectivity index (χ4v) is 4.14. The minimum Gasteiger partial charge on any atom is -0.467 e. The maximum atomic E-state index is 12.6. The van der Waals surface area contributed by atoms with Crippen molar-refractivity contribution in [3.63, 3.8) is 0 Å². The summed E-state index contributed by atoms with van der Waals surface area (Å²) in [7, 11) is 0. The molecule has 0 spiro atoms. The highest BCUT2D eigenvalue weighted by molar-refractivity contribution is 7.99. The summed E-state index contributed by atoms with van der Waals surface area (Å²) in [5.74, 6) is 1.45. The summed E-state index contributed by atoms with van der Waals surface area (Å²) in [6.07, 6.45) is 5.04. The van der Waals surface area contributed by atoms with Gasteiger partial charge < -0.3 is 9.73 Å². The second-order valence-corrected chi connectivity index (χ2v) is 8.72. The predicted octanol–water partition coefficient (Wildman–Crippen LogP) is 5.26. The molecule has 32 heavy (non-hydrogen) atoms. The molecule has 1 N–H and O–H groups in total. The molecule has 7 nitrogen and oxygen atoms in total. The molecule has 0 radical (unpaired) electrons. The Morgan fingerprint density at radius 1 is 1.19 bits per heavy atom. The Morgan fingerprint density at radius 3 is 2.78 bits per heavy atom. The third kappa shape index (κ3) is 5.32. The van der Waals surface area contributed by atoms with Crippen molar-refractivity contribution in [2.24, 2.45) is 0 Å². The van der Waals surface area contributed by atoms with Gasteiger partial charge in [0.25, 0.3) is 0 Å². The van der Waals surface area contributed by atoms with Crippen molar-refractivity contribution < 1.29 is 9.21 Å². The number of carbonyl (C=O) groups is 1. The van der Waals surface area contributed by atoms with Gasteiger partial charge in [0.1, 0.15) is 5.76 Å². The quantitative estimate of drug-likeness (QED) is 0.341. The molecule has 0 saturated carbocycles. The van der Waals surface area contributed by atoms with Crippen molar-refractivity contribution >= 4 is 40.9 Å². The Hall–Kier alpha value is -2.81. The Morgan fingerprint density at radius 2 is 2.06 bits per heavy atom. The van der Waals surface area contributed by atoms with Gasteiger partial charge in [-0.05, 0) is 48.9 Å². The van der Waals surface area contributed by atoms with Gasteiger partial charge >= 0.3 is 0 Å². The Labute approximate surface area is 199 Å². The van der Waals surface area contributed by atoms with E-state index in [1.165, 1.54) is 11.8 Å². The summed E-state index contributed by atoms with van der Waals surface area (Å²) in [6.45, 7) is 2.33. The van der Waals surface area contributed by atoms with E-state index >= 15 is 0 Å². The molecule has 1 aromatic carbocycles. The van der Waals surface area contributed by atoms with Crippen molar-refractivity contribution in [2.45, 2.75) is 24.7 Å². The molecular formula is C22H19Cl2N5O2S. The fourth-order valence-electron chi connectivity index (χ4n) is 3.08. The van der Waals surface area contributed by atoms with Crippen LogP contribution in [0.2, 0.25) is 10.0 Å². The largest absolute Gasteiger partial charge is 0.467 e. The van der Waals surface area contributed by atoms with Crippen LogP contribution in [0.3, 0.4) is 0 Å². The first-order valence-corrected chi connectivity index (χ1v) is 11.5. The maximum Gasteiger partial charge on any atom is 0.230 e. The van der Waals surface area contributed by atoms with Crippen LogP contribution in [0.4, 0.5) is 0 Å². The highest BCUT2D eigenvalue weighted by atomic mass is 35.5. The number of pyridine rings is 1. The standard InChI is InChI=1S/C22H19Cl2N5O2S/c1-14(15-6-7-18(23)19(24)10-15)26-20(30)13-32-22-28-27-21(16-4-2-8-25-11-16)29(22)12-17-5-3-9-31-17/h2-11,14H,12-13H2,1H3,(H,26,30). The van der Waals surface area contributed by atoms with Crippen LogP contribution >= 0.6 is 35.0 Å². The minimum atomic E-state index is -0.218. The van der Waals surface area contributed by atoms with Crippen LogP contribution < -0.4 is 5.32 Å². The molecule has 0 bridgehead atoms. The lowest BCUT2D eigenvalue weighted by Crippen LogP contribution is -2.28. The number of benzene rings is 1. The van der Waals surface area contributed by atoms with Crippen LogP contribution in [0.1, 0.15) is 24.3 Å². The van der Waals surface area contributed by atoms with Crippen molar-refractivity contribution in [2.75, 3.05) is 5.75 Å². The summed E-state index contributed by atoms with van der Waals surface area (Å²) >= 11 is 13.4. The van der Waals surface area contributed by atoms with E-state index in [0.717, 1.165) is 16.9 Å². The molecule has 164 valence electrons. The van der Waals surface area contributed by atoms with Crippen LogP contribution in [0.5, 0.6) is 0 Å². The van der Waals surface area contributed by atoms with Crippen LogP contribution in [-0.4, -0.2) is 31.4 Å². The lowest BCUT2D eigenvalue weighted by Gasteiger charge is -2.15. The molecule has 0 aliphatic carbocycles. The van der Waals surface area contributed by atoms with Crippen LogP contribution in [0.25, 0.3) is 11.4 Å². The number of carbonyl (C=O) groups excluding carboxylic acids is 1. The van der Waals surface area contributed by atoms with Gasteiger partial charge in [0.15, 0.2) is 11.0 Å². The van der Waals surface area contributed by atoms with Gasteiger partial charge in [-0.1, -0.05) is 41.0 Å². The zero-order valence-electron chi connectivity index (χ0n) is 17.0. The van der Waals surface area contributed by atoms with Crippen molar-refractivity contribution in [3.8, 4) is 11.4 Å². The average Bonchev–Trinajstić information content (AvgIpc) is 3.45. The van der Waals surface area contributed by atoms with Gasteiger partial charge in [0.05, 0.1) is 34.6 Å². The Bertz CT molecular complexity index is 1200. The molecular weight excluding hydrogens is 469 g/mol. The first kappa shape index (κ1) is 22.4. The zero-order chi connectivity index (χ0) is 22.5. The smallest absolute Gasteiger partial charge is 0.230 e. The number of amides is 1. The normalized spacial score (nSPS) is 12.0. The molecule has 1 unspecified atom stereocenters. The van der Waals surface area contributed by atoms with E-state index in [2.05, 4.69) is 20.5 Å². The molecule has 0 fully saturated rings. The second kappa shape index (κ2) is 10.2. The number of hydrogen-bond acceptors (Lipinski definition) is 6. The van der Waals surface area contributed by atoms with Crippen LogP contribution in [0, 0.1) is 0 Å². The molecule has 0 aliphatic rings. The highest BCUT2D eigenvalue weighted by Gasteiger charge is 2.18. The SMILES string of the molecule is CC(NC(=O)CSc1nnc(-c2cccnc2)n1Cc1ccco1)c1ccc(Cl)c(Cl)c1. The number of nitrogens with one attached hydrogen (secondary N) is 1. The van der Waals surface area contributed by atoms with Crippen molar-refractivity contribution in [1.82, 2.24) is 25.1 Å². The molecule has 1 amide bonds. The minimum absolute atomic E-state index is 0.135. The van der Waals surface area contributed by atoms with Gasteiger partial charge in [-0.3, -0.25) is 14.3 Å². The summed E-state index contributed by atoms with van der Waals surface area (Å²) in [5, 5.41) is 13.1. The molecule has 0 aliphatic heterocycles. The molecule has 0 saturated heterocycles. The summed E-state index contributed by atoms with van der Waals surface area (Å²) in [5.41, 5.74) is 1.70. The molecule has 4 rings (SSSR count). The number of furan rings is 1. The molecule has 10 heteroatoms. The van der Waals surface area contributed by atoms with Gasteiger partial charge in [-0.2, -0.15) is 0 Å². The fraction of sp³-hybridized carbons (Fsp3) is 0.182. The van der Waals surface area contributed by atoms with E-state index in [1.54, 1.807) is 30.8 Å². The topological polar surface area (TPSA) is 85.8 Å². The van der Waals surface area contributed by atoms with E-state index in [0.29, 0.717) is 27.6 Å². The predicted molar refractivity (Wildman–Crippen MR) is 125 cm³/mol. The summed E-state index contributed by atoms with van der Waals surface area (Å²) in [4.78, 5) is 16.7. The van der Waals surface area contributed by atoms with Crippen LogP contribution in [0.15, 0.2) is 70.7 Å². The molecule has 1 atom stereocenters. The van der Waals surface area contributed by atoms with Gasteiger partial charge in [-0.15, -0.1) is 10.2 Å². The number of aromatic nitrogens is 4. The van der Waals surface area contributed by atoms with E-state index in [-0.39, 0.29) is 17.7 Å². The second-order valence-electron chi connectivity index (χ2n) is 6.96.